The molecule has 1 aromatic rings. The van der Waals surface area contributed by atoms with E-state index in [0.717, 1.165) is 0 Å². The van der Waals surface area contributed by atoms with Crippen molar-refractivity contribution >= 4 is 5.97 Å². The van der Waals surface area contributed by atoms with Crippen LogP contribution in [0, 0.1) is 13.8 Å². The number of hydrogen-bond donors (Lipinski definition) is 1. The van der Waals surface area contributed by atoms with Gasteiger partial charge in [-0.25, -0.2) is 0 Å². The van der Waals surface area contributed by atoms with E-state index in [0.29, 0.717) is 17.0 Å². The number of aryl methyl sites for hydroxylation is 1. The first-order valence-electron chi connectivity index (χ1n) is 5.16. The molecule has 0 bridgehead atoms. The van der Waals surface area contributed by atoms with Gasteiger partial charge in [-0.2, -0.15) is 5.10 Å². The van der Waals surface area contributed by atoms with Crippen molar-refractivity contribution in [2.45, 2.75) is 33.2 Å². The van der Waals surface area contributed by atoms with Crippen molar-refractivity contribution < 1.29 is 27.8 Å². The second-order valence-electron chi connectivity index (χ2n) is 3.74. The fourth-order valence-corrected chi connectivity index (χ4v) is 1.61. The highest BCUT2D eigenvalue weighted by molar-refractivity contribution is 5.70. The molecule has 18 heavy (non-hydrogen) atoms. The van der Waals surface area contributed by atoms with Gasteiger partial charge in [0.1, 0.15) is 0 Å². The Balaban J connectivity index is 2.70. The van der Waals surface area contributed by atoms with Gasteiger partial charge in [-0.05, 0) is 13.8 Å². The Hall–Kier alpha value is -1.57. The van der Waals surface area contributed by atoms with Crippen LogP contribution in [0.15, 0.2) is 0 Å². The molecule has 0 atom stereocenters. The third-order valence-electron chi connectivity index (χ3n) is 2.43. The van der Waals surface area contributed by atoms with Crippen LogP contribution in [0.2, 0.25) is 0 Å². The molecule has 0 saturated carbocycles. The number of aromatic nitrogens is 2. The summed E-state index contributed by atoms with van der Waals surface area (Å²) in [5.74, 6) is -1.01. The normalized spacial score (nSPS) is 11.8. The molecule has 0 amide bonds. The zero-order valence-corrected chi connectivity index (χ0v) is 9.91. The molecular weight excluding hydrogens is 253 g/mol. The average molecular weight is 266 g/mol. The Bertz CT molecular complexity index is 440. The van der Waals surface area contributed by atoms with Gasteiger partial charge >= 0.3 is 12.3 Å². The van der Waals surface area contributed by atoms with E-state index in [2.05, 4.69) is 9.84 Å². The molecule has 0 radical (unpaired) electrons. The molecule has 1 heterocycles. The average Bonchev–Trinajstić information content (AvgIpc) is 2.43. The number of rotatable bonds is 5. The van der Waals surface area contributed by atoms with Gasteiger partial charge in [0, 0.05) is 11.3 Å². The van der Waals surface area contributed by atoms with Gasteiger partial charge in [-0.1, -0.05) is 0 Å². The number of carboxylic acid groups (broad SMARTS) is 1. The minimum atomic E-state index is -4.67. The van der Waals surface area contributed by atoms with Gasteiger partial charge < -0.3 is 5.11 Å². The Kier molecular flexibility index (Phi) is 4.33. The Morgan fingerprint density at radius 1 is 1.44 bits per heavy atom. The van der Waals surface area contributed by atoms with E-state index in [-0.39, 0.29) is 13.0 Å². The van der Waals surface area contributed by atoms with Crippen LogP contribution in [0.4, 0.5) is 13.2 Å². The summed E-state index contributed by atoms with van der Waals surface area (Å²) < 4.78 is 40.3. The SMILES string of the molecule is Cc1nn(CCOC(F)(F)F)c(C)c1CC(=O)O. The number of aliphatic carboxylic acids is 1. The van der Waals surface area contributed by atoms with Gasteiger partial charge in [0.25, 0.3) is 0 Å². The maximum atomic E-state index is 11.8. The summed E-state index contributed by atoms with van der Waals surface area (Å²) in [6.45, 7) is 2.60. The number of nitrogens with zero attached hydrogens (tertiary/aromatic N) is 2. The largest absolute Gasteiger partial charge is 0.522 e. The van der Waals surface area contributed by atoms with E-state index in [1.54, 1.807) is 13.8 Å². The summed E-state index contributed by atoms with van der Waals surface area (Å²) in [4.78, 5) is 10.6. The standard InChI is InChI=1S/C10H13F3N2O3/c1-6-8(5-9(16)17)7(2)15(14-6)3-4-18-10(11,12)13/h3-5H2,1-2H3,(H,16,17). The molecule has 1 aromatic heterocycles. The molecule has 0 aliphatic carbocycles. The molecule has 0 aliphatic heterocycles. The second kappa shape index (κ2) is 5.38. The van der Waals surface area contributed by atoms with Crippen LogP contribution < -0.4 is 0 Å². The van der Waals surface area contributed by atoms with Crippen LogP contribution in [0.25, 0.3) is 0 Å². The van der Waals surface area contributed by atoms with Crippen LogP contribution in [-0.4, -0.2) is 33.8 Å². The van der Waals surface area contributed by atoms with Gasteiger partial charge in [0.15, 0.2) is 0 Å². The van der Waals surface area contributed by atoms with Crippen molar-refractivity contribution in [1.29, 1.82) is 0 Å². The Morgan fingerprint density at radius 3 is 2.56 bits per heavy atom. The molecule has 0 aromatic carbocycles. The topological polar surface area (TPSA) is 64.4 Å². The third kappa shape index (κ3) is 4.02. The van der Waals surface area contributed by atoms with Crippen molar-refractivity contribution in [2.75, 3.05) is 6.61 Å². The number of ether oxygens (including phenoxy) is 1. The molecule has 0 fully saturated rings. The summed E-state index contributed by atoms with van der Waals surface area (Å²) >= 11 is 0. The first kappa shape index (κ1) is 14.5. The zero-order chi connectivity index (χ0) is 13.9. The molecule has 0 saturated heterocycles. The third-order valence-corrected chi connectivity index (χ3v) is 2.43. The lowest BCUT2D eigenvalue weighted by molar-refractivity contribution is -0.325. The highest BCUT2D eigenvalue weighted by atomic mass is 19.4. The lowest BCUT2D eigenvalue weighted by Gasteiger charge is -2.08. The number of alkyl halides is 3. The molecule has 0 aliphatic rings. The van der Waals surface area contributed by atoms with Gasteiger partial charge in [0.2, 0.25) is 0 Å². The number of carbonyl (C=O) groups is 1. The molecule has 1 N–H and O–H groups in total. The second-order valence-corrected chi connectivity index (χ2v) is 3.74. The van der Waals surface area contributed by atoms with Gasteiger partial charge in [-0.15, -0.1) is 13.2 Å². The Morgan fingerprint density at radius 2 is 2.06 bits per heavy atom. The van der Waals surface area contributed by atoms with E-state index >= 15 is 0 Å². The highest BCUT2D eigenvalue weighted by Crippen LogP contribution is 2.17. The molecule has 5 nitrogen and oxygen atoms in total. The fraction of sp³-hybridized carbons (Fsp3) is 0.600. The summed E-state index contributed by atoms with van der Waals surface area (Å²) in [6, 6.07) is 0. The van der Waals surface area contributed by atoms with Crippen molar-refractivity contribution in [3.63, 3.8) is 0 Å². The summed E-state index contributed by atoms with van der Waals surface area (Å²) in [7, 11) is 0. The molecule has 102 valence electrons. The van der Waals surface area contributed by atoms with Gasteiger partial charge in [0.05, 0.1) is 25.3 Å². The number of hydrogen-bond acceptors (Lipinski definition) is 3. The molecular formula is C10H13F3N2O3. The molecule has 8 heteroatoms. The quantitative estimate of drug-likeness (QED) is 0.880. The van der Waals surface area contributed by atoms with Crippen LogP contribution in [0.1, 0.15) is 17.0 Å². The van der Waals surface area contributed by atoms with E-state index in [4.69, 9.17) is 5.11 Å². The molecule has 0 spiro atoms. The minimum Gasteiger partial charge on any atom is -0.481 e. The van der Waals surface area contributed by atoms with E-state index in [9.17, 15) is 18.0 Å². The number of halogens is 3. The van der Waals surface area contributed by atoms with Crippen molar-refractivity contribution in [1.82, 2.24) is 9.78 Å². The number of carboxylic acids is 1. The fourth-order valence-electron chi connectivity index (χ4n) is 1.61. The maximum absolute atomic E-state index is 11.8. The van der Waals surface area contributed by atoms with Crippen molar-refractivity contribution in [2.24, 2.45) is 0 Å². The van der Waals surface area contributed by atoms with E-state index < -0.39 is 18.9 Å². The lowest BCUT2D eigenvalue weighted by atomic mass is 10.1. The van der Waals surface area contributed by atoms with E-state index in [1.807, 2.05) is 0 Å². The monoisotopic (exact) mass is 266 g/mol. The van der Waals surface area contributed by atoms with Crippen molar-refractivity contribution in [3.05, 3.63) is 17.0 Å². The lowest BCUT2D eigenvalue weighted by Crippen LogP contribution is -2.18. The van der Waals surface area contributed by atoms with Crippen LogP contribution in [0.5, 0.6) is 0 Å². The van der Waals surface area contributed by atoms with E-state index in [1.165, 1.54) is 4.68 Å². The summed E-state index contributed by atoms with van der Waals surface area (Å²) in [5, 5.41) is 12.7. The predicted octanol–water partition coefficient (Wildman–Crippen LogP) is 1.66. The maximum Gasteiger partial charge on any atom is 0.522 e. The Labute approximate surface area is 101 Å². The van der Waals surface area contributed by atoms with Crippen LogP contribution >= 0.6 is 0 Å². The van der Waals surface area contributed by atoms with Crippen LogP contribution in [0.3, 0.4) is 0 Å². The molecule has 1 rings (SSSR count). The minimum absolute atomic E-state index is 0.0776. The zero-order valence-electron chi connectivity index (χ0n) is 9.91. The highest BCUT2D eigenvalue weighted by Gasteiger charge is 2.28. The van der Waals surface area contributed by atoms with Crippen LogP contribution in [-0.2, 0) is 22.5 Å². The summed E-state index contributed by atoms with van der Waals surface area (Å²) in [6.07, 6.45) is -4.86. The first-order chi connectivity index (χ1) is 8.20. The first-order valence-corrected chi connectivity index (χ1v) is 5.16. The smallest absolute Gasteiger partial charge is 0.481 e. The summed E-state index contributed by atoms with van der Waals surface area (Å²) in [5.41, 5.74) is 1.57. The van der Waals surface area contributed by atoms with Crippen molar-refractivity contribution in [3.8, 4) is 0 Å². The van der Waals surface area contributed by atoms with Gasteiger partial charge in [-0.3, -0.25) is 14.2 Å². The predicted molar refractivity (Wildman–Crippen MR) is 55.0 cm³/mol. The molecule has 0 unspecified atom stereocenters.